The Morgan fingerprint density at radius 2 is 1.53 bits per heavy atom. The Balaban J connectivity index is 1.36. The summed E-state index contributed by atoms with van der Waals surface area (Å²) >= 11 is 0. The number of piperazine rings is 2. The van der Waals surface area contributed by atoms with Crippen LogP contribution in [0.15, 0.2) is 60.7 Å². The molecular weight excluding hydrogens is 641 g/mol. The van der Waals surface area contributed by atoms with Gasteiger partial charge >= 0.3 is 18.2 Å². The van der Waals surface area contributed by atoms with E-state index in [1.165, 1.54) is 7.11 Å². The summed E-state index contributed by atoms with van der Waals surface area (Å²) in [6, 6.07) is 20.5. The fourth-order valence-corrected chi connectivity index (χ4v) is 7.14. The number of nitrogens with zero attached hydrogens (tertiary/aromatic N) is 6. The van der Waals surface area contributed by atoms with Crippen LogP contribution in [0, 0.1) is 0 Å². The van der Waals surface area contributed by atoms with E-state index in [0.29, 0.717) is 64.6 Å². The highest BCUT2D eigenvalue weighted by molar-refractivity contribution is 5.74. The molecule has 0 aliphatic carbocycles. The van der Waals surface area contributed by atoms with E-state index >= 15 is 0 Å². The van der Waals surface area contributed by atoms with Gasteiger partial charge in [-0.2, -0.15) is 23.1 Å². The van der Waals surface area contributed by atoms with Crippen LogP contribution < -0.4 is 14.2 Å². The van der Waals surface area contributed by atoms with Crippen LogP contribution in [-0.4, -0.2) is 133 Å². The number of aromatic nitrogens is 2. The molecule has 6 rings (SSSR count). The number of morpholine rings is 1. The molecule has 0 N–H and O–H groups in total. The third kappa shape index (κ3) is 8.36. The number of benzene rings is 2. The number of methoxy groups -OCH3 is 1. The number of fused-ring (bicyclic) bond motifs is 1. The summed E-state index contributed by atoms with van der Waals surface area (Å²) in [6.07, 6.45) is -4.57. The first-order chi connectivity index (χ1) is 23.7. The Morgan fingerprint density at radius 3 is 2.14 bits per heavy atom. The molecule has 0 radical (unpaired) electrons. The number of carbonyl (C=O) groups excluding carboxylic acids is 1. The van der Waals surface area contributed by atoms with Gasteiger partial charge in [0, 0.05) is 70.4 Å². The van der Waals surface area contributed by atoms with E-state index in [0.717, 1.165) is 11.1 Å². The summed E-state index contributed by atoms with van der Waals surface area (Å²) in [7, 11) is 1.41. The Labute approximate surface area is 284 Å². The van der Waals surface area contributed by atoms with Crippen molar-refractivity contribution in [3.8, 4) is 17.8 Å². The van der Waals surface area contributed by atoms with E-state index in [2.05, 4.69) is 44.0 Å². The molecule has 3 fully saturated rings. The van der Waals surface area contributed by atoms with Crippen LogP contribution in [0.4, 0.5) is 18.0 Å². The molecule has 49 heavy (non-hydrogen) atoms. The number of halogens is 3. The van der Waals surface area contributed by atoms with Crippen LogP contribution in [0.5, 0.6) is 17.8 Å². The molecule has 0 spiro atoms. The van der Waals surface area contributed by atoms with Crippen molar-refractivity contribution in [2.75, 3.05) is 79.4 Å². The SMILES string of the molecule is CCOc1nc(OC)c(CN2C[C@@H]3CN(C(=O)N4CCOCC4)CCN3[C@H](C(c3ccccc3)c3ccccc3)C2)c(OCC(F)(F)F)n1. The van der Waals surface area contributed by atoms with Crippen LogP contribution in [0.25, 0.3) is 0 Å². The monoisotopic (exact) mass is 684 g/mol. The molecule has 3 saturated heterocycles. The van der Waals surface area contributed by atoms with Crippen LogP contribution in [0.2, 0.25) is 0 Å². The van der Waals surface area contributed by atoms with E-state index in [4.69, 9.17) is 18.9 Å². The quantitative estimate of drug-likeness (QED) is 0.311. The minimum absolute atomic E-state index is 0.00344. The fraction of sp³-hybridized carbons (Fsp3) is 0.514. The lowest BCUT2D eigenvalue weighted by Gasteiger charge is -2.54. The second kappa shape index (κ2) is 15.6. The Morgan fingerprint density at radius 1 is 0.878 bits per heavy atom. The summed E-state index contributed by atoms with van der Waals surface area (Å²) in [5, 5.41) is 0. The normalized spacial score (nSPS) is 20.6. The van der Waals surface area contributed by atoms with Crippen LogP contribution >= 0.6 is 0 Å². The standard InChI is InChI=1S/C35H43F3N6O5/c1-3-48-33-39-31(46-2)28(32(40-33)49-24-35(36,37)38)22-41-20-27-21-43(34(45)42-16-18-47-19-17-42)14-15-44(27)29(23-41)30(25-10-6-4-7-11-25)26-12-8-5-9-13-26/h4-13,27,29-30H,3,14-24H2,1-2H3/t27-,29+/m1/s1. The third-order valence-corrected chi connectivity index (χ3v) is 9.25. The molecule has 3 aliphatic heterocycles. The van der Waals surface area contributed by atoms with Gasteiger partial charge in [0.15, 0.2) is 6.61 Å². The van der Waals surface area contributed by atoms with Gasteiger partial charge in [0.2, 0.25) is 11.8 Å². The lowest BCUT2D eigenvalue weighted by molar-refractivity contribution is -0.154. The minimum Gasteiger partial charge on any atom is -0.481 e. The van der Waals surface area contributed by atoms with Crippen molar-refractivity contribution in [3.05, 3.63) is 77.4 Å². The second-order valence-corrected chi connectivity index (χ2v) is 12.4. The maximum atomic E-state index is 13.6. The zero-order valence-electron chi connectivity index (χ0n) is 27.8. The van der Waals surface area contributed by atoms with Crippen molar-refractivity contribution in [2.45, 2.75) is 37.6 Å². The van der Waals surface area contributed by atoms with Crippen molar-refractivity contribution >= 4 is 6.03 Å². The highest BCUT2D eigenvalue weighted by atomic mass is 19.4. The van der Waals surface area contributed by atoms with Crippen molar-refractivity contribution in [1.82, 2.24) is 29.6 Å². The van der Waals surface area contributed by atoms with Crippen molar-refractivity contribution in [1.29, 1.82) is 0 Å². The summed E-state index contributed by atoms with van der Waals surface area (Å²) in [5.74, 6) is -0.166. The molecule has 0 bridgehead atoms. The number of ether oxygens (including phenoxy) is 4. The highest BCUT2D eigenvalue weighted by Gasteiger charge is 2.44. The number of hydrogen-bond donors (Lipinski definition) is 0. The van der Waals surface area contributed by atoms with E-state index in [1.54, 1.807) is 6.92 Å². The minimum atomic E-state index is -4.57. The van der Waals surface area contributed by atoms with Gasteiger partial charge in [-0.15, -0.1) is 0 Å². The summed E-state index contributed by atoms with van der Waals surface area (Å²) in [6.45, 7) is 5.66. The molecule has 2 amide bonds. The van der Waals surface area contributed by atoms with Gasteiger partial charge in [0.1, 0.15) is 0 Å². The molecule has 264 valence electrons. The van der Waals surface area contributed by atoms with Crippen molar-refractivity contribution in [2.24, 2.45) is 0 Å². The van der Waals surface area contributed by atoms with E-state index < -0.39 is 12.8 Å². The number of alkyl halides is 3. The molecule has 14 heteroatoms. The number of amides is 2. The number of hydrogen-bond acceptors (Lipinski definition) is 9. The van der Waals surface area contributed by atoms with Crippen LogP contribution in [0.3, 0.4) is 0 Å². The second-order valence-electron chi connectivity index (χ2n) is 12.4. The first-order valence-electron chi connectivity index (χ1n) is 16.7. The Bertz CT molecular complexity index is 1490. The smallest absolute Gasteiger partial charge is 0.422 e. The van der Waals surface area contributed by atoms with Gasteiger partial charge in [0.25, 0.3) is 0 Å². The zero-order chi connectivity index (χ0) is 34.4. The predicted molar refractivity (Wildman–Crippen MR) is 175 cm³/mol. The lowest BCUT2D eigenvalue weighted by Crippen LogP contribution is -2.68. The zero-order valence-corrected chi connectivity index (χ0v) is 27.8. The van der Waals surface area contributed by atoms with Gasteiger partial charge in [-0.1, -0.05) is 60.7 Å². The molecule has 2 aromatic carbocycles. The number of urea groups is 1. The molecule has 2 atom stereocenters. The first-order valence-corrected chi connectivity index (χ1v) is 16.7. The first kappa shape index (κ1) is 34.7. The number of carbonyl (C=O) groups is 1. The van der Waals surface area contributed by atoms with Gasteiger partial charge < -0.3 is 28.7 Å². The maximum Gasteiger partial charge on any atom is 0.422 e. The fourth-order valence-electron chi connectivity index (χ4n) is 7.14. The summed E-state index contributed by atoms with van der Waals surface area (Å²) in [4.78, 5) is 30.7. The van der Waals surface area contributed by atoms with Crippen molar-refractivity contribution in [3.63, 3.8) is 0 Å². The number of rotatable bonds is 10. The Hall–Kier alpha value is -4.14. The summed E-state index contributed by atoms with van der Waals surface area (Å²) in [5.41, 5.74) is 2.61. The van der Waals surface area contributed by atoms with Crippen LogP contribution in [0.1, 0.15) is 29.5 Å². The third-order valence-electron chi connectivity index (χ3n) is 9.25. The van der Waals surface area contributed by atoms with E-state index in [9.17, 15) is 18.0 Å². The Kier molecular flexibility index (Phi) is 11.1. The highest BCUT2D eigenvalue weighted by Crippen LogP contribution is 2.38. The topological polar surface area (TPSA) is 92.7 Å². The molecule has 0 unspecified atom stereocenters. The molecule has 1 aromatic heterocycles. The lowest BCUT2D eigenvalue weighted by atomic mass is 9.81. The molecule has 0 saturated carbocycles. The van der Waals surface area contributed by atoms with E-state index in [-0.39, 0.29) is 55.0 Å². The molecular formula is C35H43F3N6O5. The van der Waals surface area contributed by atoms with Crippen molar-refractivity contribution < 1.29 is 36.9 Å². The van der Waals surface area contributed by atoms with E-state index in [1.807, 2.05) is 46.2 Å². The van der Waals surface area contributed by atoms with Gasteiger partial charge in [-0.05, 0) is 18.1 Å². The molecule has 3 aliphatic rings. The average molecular weight is 685 g/mol. The molecule has 3 aromatic rings. The van der Waals surface area contributed by atoms with Crippen LogP contribution in [-0.2, 0) is 11.3 Å². The largest absolute Gasteiger partial charge is 0.481 e. The molecule has 4 heterocycles. The van der Waals surface area contributed by atoms with Gasteiger partial charge in [-0.3, -0.25) is 9.80 Å². The van der Waals surface area contributed by atoms with Gasteiger partial charge in [0.05, 0.1) is 32.5 Å². The van der Waals surface area contributed by atoms with Gasteiger partial charge in [-0.25, -0.2) is 4.79 Å². The maximum absolute atomic E-state index is 13.6. The average Bonchev–Trinajstić information content (AvgIpc) is 3.12. The predicted octanol–water partition coefficient (Wildman–Crippen LogP) is 4.28. The molecule has 11 nitrogen and oxygen atoms in total. The summed E-state index contributed by atoms with van der Waals surface area (Å²) < 4.78 is 61.8.